The van der Waals surface area contributed by atoms with E-state index in [0.29, 0.717) is 5.92 Å². The first-order valence-corrected chi connectivity index (χ1v) is 12.4. The summed E-state index contributed by atoms with van der Waals surface area (Å²) >= 11 is 0. The van der Waals surface area contributed by atoms with Crippen molar-refractivity contribution in [3.8, 4) is 0 Å². The lowest BCUT2D eigenvalue weighted by atomic mass is 10.00. The second-order valence-corrected chi connectivity index (χ2v) is 8.94. The van der Waals surface area contributed by atoms with Crippen LogP contribution in [0.25, 0.3) is 0 Å². The normalized spacial score (nSPS) is 12.0. The molecular weight excluding hydrogens is 446 g/mol. The van der Waals surface area contributed by atoms with Gasteiger partial charge in [0, 0.05) is 18.7 Å². The van der Waals surface area contributed by atoms with E-state index in [4.69, 9.17) is 4.74 Å². The minimum Gasteiger partial charge on any atom is -1.00 e. The predicted molar refractivity (Wildman–Crippen MR) is 128 cm³/mol. The molecule has 0 aliphatic carbocycles. The van der Waals surface area contributed by atoms with Crippen LogP contribution in [-0.4, -0.2) is 6.61 Å². The summed E-state index contributed by atoms with van der Waals surface area (Å²) in [4.78, 5) is 0. The largest absolute Gasteiger partial charge is 1.00 e. The summed E-state index contributed by atoms with van der Waals surface area (Å²) in [6.45, 7) is 8.48. The zero-order valence-corrected chi connectivity index (χ0v) is 21.7. The highest BCUT2D eigenvalue weighted by atomic mass is 79.9. The molecule has 0 radical (unpaired) electrons. The predicted octanol–water partition coefficient (Wildman–Crippen LogP) is 4.78. The lowest BCUT2D eigenvalue weighted by Crippen LogP contribution is -3.00. The van der Waals surface area contributed by atoms with Crippen LogP contribution in [0, 0.1) is 0 Å². The van der Waals surface area contributed by atoms with E-state index in [2.05, 4.69) is 80.2 Å². The van der Waals surface area contributed by atoms with Gasteiger partial charge in [0.15, 0.2) is 18.9 Å². The van der Waals surface area contributed by atoms with E-state index in [-0.39, 0.29) is 23.1 Å². The Morgan fingerprint density at radius 1 is 0.710 bits per heavy atom. The first-order chi connectivity index (χ1) is 14.7. The Kier molecular flexibility index (Phi) is 15.6. The molecule has 1 unspecified atom stereocenters. The Labute approximate surface area is 202 Å². The SMILES string of the molecule is CCCCCCCCCCCCOC(C[n+]1ccccc1)c1ccc(C(C)C)cc1.[Br-]. The van der Waals surface area contributed by atoms with Crippen molar-refractivity contribution in [3.63, 3.8) is 0 Å². The highest BCUT2D eigenvalue weighted by molar-refractivity contribution is 5.26. The smallest absolute Gasteiger partial charge is 0.178 e. The number of ether oxygens (including phenoxy) is 1. The van der Waals surface area contributed by atoms with Crippen molar-refractivity contribution in [1.82, 2.24) is 0 Å². The van der Waals surface area contributed by atoms with Gasteiger partial charge < -0.3 is 21.7 Å². The van der Waals surface area contributed by atoms with Crippen molar-refractivity contribution in [2.75, 3.05) is 6.61 Å². The van der Waals surface area contributed by atoms with Crippen LogP contribution in [-0.2, 0) is 11.3 Å². The third kappa shape index (κ3) is 11.8. The molecule has 0 spiro atoms. The van der Waals surface area contributed by atoms with Gasteiger partial charge in [-0.1, -0.05) is 109 Å². The third-order valence-corrected chi connectivity index (χ3v) is 5.95. The fraction of sp³-hybridized carbons (Fsp3) is 0.607. The zero-order valence-electron chi connectivity index (χ0n) is 20.1. The Bertz CT molecular complexity index is 656. The molecule has 0 bridgehead atoms. The molecule has 0 amide bonds. The molecule has 0 aliphatic rings. The Morgan fingerprint density at radius 3 is 1.77 bits per heavy atom. The molecule has 0 aliphatic heterocycles. The van der Waals surface area contributed by atoms with Crippen molar-refractivity contribution in [3.05, 3.63) is 66.0 Å². The van der Waals surface area contributed by atoms with E-state index in [9.17, 15) is 0 Å². The molecule has 0 N–H and O–H groups in total. The van der Waals surface area contributed by atoms with Crippen LogP contribution in [0.2, 0.25) is 0 Å². The zero-order chi connectivity index (χ0) is 21.4. The van der Waals surface area contributed by atoms with E-state index in [1.807, 2.05) is 0 Å². The van der Waals surface area contributed by atoms with E-state index in [1.165, 1.54) is 68.9 Å². The molecule has 31 heavy (non-hydrogen) atoms. The van der Waals surface area contributed by atoms with Crippen LogP contribution >= 0.6 is 0 Å². The third-order valence-electron chi connectivity index (χ3n) is 5.95. The van der Waals surface area contributed by atoms with Crippen molar-refractivity contribution in [2.45, 2.75) is 104 Å². The molecule has 1 aromatic heterocycles. The highest BCUT2D eigenvalue weighted by Gasteiger charge is 2.17. The van der Waals surface area contributed by atoms with Crippen LogP contribution in [0.1, 0.15) is 108 Å². The Balaban J connectivity index is 0.00000480. The summed E-state index contributed by atoms with van der Waals surface area (Å²) in [7, 11) is 0. The Morgan fingerprint density at radius 2 is 1.23 bits per heavy atom. The molecule has 2 aromatic rings. The summed E-state index contributed by atoms with van der Waals surface area (Å²) in [5.74, 6) is 0.563. The van der Waals surface area contributed by atoms with Crippen molar-refractivity contribution in [2.24, 2.45) is 0 Å². The number of benzene rings is 1. The minimum absolute atomic E-state index is 0. The van der Waals surface area contributed by atoms with E-state index < -0.39 is 0 Å². The van der Waals surface area contributed by atoms with Crippen LogP contribution < -0.4 is 21.5 Å². The molecule has 1 heterocycles. The number of hydrogen-bond acceptors (Lipinski definition) is 1. The highest BCUT2D eigenvalue weighted by Crippen LogP contribution is 2.22. The van der Waals surface area contributed by atoms with Gasteiger partial charge in [-0.3, -0.25) is 0 Å². The summed E-state index contributed by atoms with van der Waals surface area (Å²) in [6.07, 6.45) is 17.9. The van der Waals surface area contributed by atoms with E-state index >= 15 is 0 Å². The van der Waals surface area contributed by atoms with Gasteiger partial charge in [0.05, 0.1) is 0 Å². The summed E-state index contributed by atoms with van der Waals surface area (Å²) in [5.41, 5.74) is 2.67. The van der Waals surface area contributed by atoms with Gasteiger partial charge in [0.1, 0.15) is 6.10 Å². The van der Waals surface area contributed by atoms with Gasteiger partial charge in [0.2, 0.25) is 0 Å². The summed E-state index contributed by atoms with van der Waals surface area (Å²) in [6, 6.07) is 15.2. The molecule has 1 atom stereocenters. The fourth-order valence-corrected chi connectivity index (χ4v) is 3.91. The average Bonchev–Trinajstić information content (AvgIpc) is 2.77. The van der Waals surface area contributed by atoms with Gasteiger partial charge in [0.25, 0.3) is 0 Å². The van der Waals surface area contributed by atoms with Gasteiger partial charge in [-0.2, -0.15) is 0 Å². The van der Waals surface area contributed by atoms with Crippen LogP contribution in [0.5, 0.6) is 0 Å². The number of nitrogens with zero attached hydrogens (tertiary/aromatic N) is 1. The molecule has 2 nitrogen and oxygen atoms in total. The molecule has 0 fully saturated rings. The van der Waals surface area contributed by atoms with Crippen molar-refractivity contribution in [1.29, 1.82) is 0 Å². The number of halogens is 1. The van der Waals surface area contributed by atoms with Crippen LogP contribution in [0.4, 0.5) is 0 Å². The summed E-state index contributed by atoms with van der Waals surface area (Å²) < 4.78 is 8.61. The van der Waals surface area contributed by atoms with Gasteiger partial charge >= 0.3 is 0 Å². The number of aromatic nitrogens is 1. The van der Waals surface area contributed by atoms with Gasteiger partial charge in [-0.15, -0.1) is 0 Å². The maximum atomic E-state index is 6.38. The Hall–Kier alpha value is -1.19. The fourth-order valence-electron chi connectivity index (χ4n) is 3.91. The summed E-state index contributed by atoms with van der Waals surface area (Å²) in [5, 5.41) is 0. The average molecular weight is 491 g/mol. The van der Waals surface area contributed by atoms with E-state index in [1.54, 1.807) is 0 Å². The van der Waals surface area contributed by atoms with E-state index in [0.717, 1.165) is 19.6 Å². The topological polar surface area (TPSA) is 13.1 Å². The number of hydrogen-bond donors (Lipinski definition) is 0. The monoisotopic (exact) mass is 489 g/mol. The quantitative estimate of drug-likeness (QED) is 0.244. The first-order valence-electron chi connectivity index (χ1n) is 12.4. The lowest BCUT2D eigenvalue weighted by molar-refractivity contribution is -0.705. The second-order valence-electron chi connectivity index (χ2n) is 8.94. The molecule has 0 saturated heterocycles. The molecule has 2 rings (SSSR count). The lowest BCUT2D eigenvalue weighted by Gasteiger charge is -2.17. The first kappa shape index (κ1) is 27.8. The number of rotatable bonds is 16. The molecule has 1 aromatic carbocycles. The van der Waals surface area contributed by atoms with Crippen molar-refractivity contribution >= 4 is 0 Å². The van der Waals surface area contributed by atoms with Crippen LogP contribution in [0.3, 0.4) is 0 Å². The molecule has 3 heteroatoms. The standard InChI is InChI=1S/C28H44NO.BrH/c1-4-5-6-7-8-9-10-11-12-16-23-30-28(24-29-21-14-13-15-22-29)27-19-17-26(18-20-27)25(2)3;/h13-15,17-22,25,28H,4-12,16,23-24H2,1-3H3;1H/q+1;/p-1. The second kappa shape index (κ2) is 17.4. The maximum absolute atomic E-state index is 6.38. The van der Waals surface area contributed by atoms with Crippen LogP contribution in [0.15, 0.2) is 54.9 Å². The van der Waals surface area contributed by atoms with Gasteiger partial charge in [-0.25, -0.2) is 4.57 Å². The van der Waals surface area contributed by atoms with Crippen molar-refractivity contribution < 1.29 is 26.3 Å². The molecule has 174 valence electrons. The molecule has 0 saturated carbocycles. The van der Waals surface area contributed by atoms with Gasteiger partial charge in [-0.05, 0) is 23.5 Å². The number of unbranched alkanes of at least 4 members (excludes halogenated alkanes) is 9. The molecular formula is C28H44BrNO. The minimum atomic E-state index is 0. The maximum Gasteiger partial charge on any atom is 0.178 e. The number of pyridine rings is 1.